The van der Waals surface area contributed by atoms with Gasteiger partial charge >= 0.3 is 0 Å². The van der Waals surface area contributed by atoms with Crippen LogP contribution in [0.15, 0.2) is 16.3 Å². The van der Waals surface area contributed by atoms with Crippen LogP contribution in [0.5, 0.6) is 0 Å². The minimum Gasteiger partial charge on any atom is -0.381 e. The van der Waals surface area contributed by atoms with Crippen molar-refractivity contribution in [3.63, 3.8) is 0 Å². The normalized spacial score (nSPS) is 18.1. The van der Waals surface area contributed by atoms with E-state index < -0.39 is 10.0 Å². The Kier molecular flexibility index (Phi) is 5.25. The maximum Gasteiger partial charge on any atom is 0.243 e. The predicted molar refractivity (Wildman–Crippen MR) is 77.2 cm³/mol. The number of rotatable bonds is 5. The summed E-state index contributed by atoms with van der Waals surface area (Å²) < 4.78 is 31.7. The second kappa shape index (κ2) is 6.54. The van der Waals surface area contributed by atoms with Crippen LogP contribution in [0.25, 0.3) is 0 Å². The first-order valence-electron chi connectivity index (χ1n) is 6.22. The monoisotopic (exact) mass is 323 g/mol. The lowest BCUT2D eigenvalue weighted by Crippen LogP contribution is -2.34. The fourth-order valence-corrected chi connectivity index (χ4v) is 5.13. The molecule has 7 heteroatoms. The second-order valence-electron chi connectivity index (χ2n) is 4.68. The molecule has 1 fully saturated rings. The average Bonchev–Trinajstić information content (AvgIpc) is 2.88. The Bertz CT molecular complexity index is 509. The highest BCUT2D eigenvalue weighted by molar-refractivity contribution is 7.89. The Morgan fingerprint density at radius 3 is 2.79 bits per heavy atom. The van der Waals surface area contributed by atoms with E-state index in [1.54, 1.807) is 18.5 Å². The molecule has 1 aromatic rings. The molecule has 0 aliphatic carbocycles. The molecule has 0 spiro atoms. The van der Waals surface area contributed by atoms with Crippen LogP contribution >= 0.6 is 22.9 Å². The lowest BCUT2D eigenvalue weighted by Gasteiger charge is -2.26. The van der Waals surface area contributed by atoms with Crippen molar-refractivity contribution in [2.45, 2.75) is 23.6 Å². The molecule has 0 N–H and O–H groups in total. The summed E-state index contributed by atoms with van der Waals surface area (Å²) in [4.78, 5) is 1.06. The van der Waals surface area contributed by atoms with E-state index in [1.807, 2.05) is 0 Å². The van der Waals surface area contributed by atoms with Crippen LogP contribution in [0.1, 0.15) is 17.7 Å². The molecule has 19 heavy (non-hydrogen) atoms. The standard InChI is InChI=1S/C12H18ClNO3S2/c1-14(9-10-2-5-17-6-3-10)19(15,16)12-4-7-18-11(12)8-13/h4,7,10H,2-3,5-6,8-9H2,1H3. The summed E-state index contributed by atoms with van der Waals surface area (Å²) in [5, 5.41) is 1.77. The lowest BCUT2D eigenvalue weighted by atomic mass is 10.0. The van der Waals surface area contributed by atoms with Crippen LogP contribution in [0.3, 0.4) is 0 Å². The molecule has 1 saturated heterocycles. The quantitative estimate of drug-likeness (QED) is 0.782. The van der Waals surface area contributed by atoms with E-state index in [9.17, 15) is 8.42 Å². The van der Waals surface area contributed by atoms with Crippen LogP contribution in [0.4, 0.5) is 0 Å². The number of alkyl halides is 1. The number of hydrogen-bond acceptors (Lipinski definition) is 4. The summed E-state index contributed by atoms with van der Waals surface area (Å²) in [6.07, 6.45) is 1.84. The summed E-state index contributed by atoms with van der Waals surface area (Å²) in [6, 6.07) is 1.64. The van der Waals surface area contributed by atoms with Crippen LogP contribution < -0.4 is 0 Å². The Labute approximate surface area is 123 Å². The van der Waals surface area contributed by atoms with Gasteiger partial charge in [0.1, 0.15) is 0 Å². The van der Waals surface area contributed by atoms with Gasteiger partial charge in [-0.15, -0.1) is 22.9 Å². The molecule has 0 bridgehead atoms. The molecular formula is C12H18ClNO3S2. The maximum absolute atomic E-state index is 12.5. The van der Waals surface area contributed by atoms with E-state index in [4.69, 9.17) is 16.3 Å². The molecule has 4 nitrogen and oxygen atoms in total. The highest BCUT2D eigenvalue weighted by Gasteiger charge is 2.27. The van der Waals surface area contributed by atoms with E-state index in [-0.39, 0.29) is 5.88 Å². The number of nitrogens with zero attached hydrogens (tertiary/aromatic N) is 1. The minimum atomic E-state index is -3.42. The number of thiophene rings is 1. The van der Waals surface area contributed by atoms with Crippen molar-refractivity contribution >= 4 is 33.0 Å². The molecule has 0 radical (unpaired) electrons. The first-order chi connectivity index (χ1) is 9.05. The first-order valence-corrected chi connectivity index (χ1v) is 9.07. The molecule has 108 valence electrons. The molecule has 0 atom stereocenters. The zero-order chi connectivity index (χ0) is 13.9. The first kappa shape index (κ1) is 15.3. The van der Waals surface area contributed by atoms with E-state index in [0.29, 0.717) is 22.2 Å². The highest BCUT2D eigenvalue weighted by atomic mass is 35.5. The Morgan fingerprint density at radius 2 is 2.16 bits per heavy atom. The molecule has 2 heterocycles. The number of sulfonamides is 1. The molecule has 2 rings (SSSR count). The van der Waals surface area contributed by atoms with Gasteiger partial charge in [0.15, 0.2) is 0 Å². The van der Waals surface area contributed by atoms with E-state index >= 15 is 0 Å². The third-order valence-corrected chi connectivity index (χ3v) is 6.75. The molecule has 0 amide bonds. The van der Waals surface area contributed by atoms with Gasteiger partial charge < -0.3 is 4.74 Å². The summed E-state index contributed by atoms with van der Waals surface area (Å²) in [6.45, 7) is 2.00. The average molecular weight is 324 g/mol. The molecular weight excluding hydrogens is 306 g/mol. The Morgan fingerprint density at radius 1 is 1.47 bits per heavy atom. The van der Waals surface area contributed by atoms with Crippen molar-refractivity contribution in [3.05, 3.63) is 16.3 Å². The summed E-state index contributed by atoms with van der Waals surface area (Å²) in [5.74, 6) is 0.615. The summed E-state index contributed by atoms with van der Waals surface area (Å²) in [5.41, 5.74) is 0. The van der Waals surface area contributed by atoms with Gasteiger partial charge in [-0.25, -0.2) is 12.7 Å². The lowest BCUT2D eigenvalue weighted by molar-refractivity contribution is 0.0620. The number of halogens is 1. The number of ether oxygens (including phenoxy) is 1. The highest BCUT2D eigenvalue weighted by Crippen LogP contribution is 2.27. The van der Waals surface area contributed by atoms with Gasteiger partial charge in [0, 0.05) is 31.7 Å². The third kappa shape index (κ3) is 3.49. The van der Waals surface area contributed by atoms with Gasteiger partial charge in [0.25, 0.3) is 0 Å². The minimum absolute atomic E-state index is 0.233. The van der Waals surface area contributed by atoms with Crippen molar-refractivity contribution in [1.29, 1.82) is 0 Å². The smallest absolute Gasteiger partial charge is 0.243 e. The van der Waals surface area contributed by atoms with Crippen LogP contribution in [0, 0.1) is 5.92 Å². The summed E-state index contributed by atoms with van der Waals surface area (Å²) in [7, 11) is -1.78. The van der Waals surface area contributed by atoms with Gasteiger partial charge in [0.05, 0.1) is 10.8 Å². The Balaban J connectivity index is 2.10. The Hall–Kier alpha value is -0.140. The molecule has 0 unspecified atom stereocenters. The molecule has 0 saturated carbocycles. The molecule has 1 aromatic heterocycles. The van der Waals surface area contributed by atoms with Gasteiger partial charge in [-0.05, 0) is 30.2 Å². The fraction of sp³-hybridized carbons (Fsp3) is 0.667. The van der Waals surface area contributed by atoms with Crippen LogP contribution in [-0.2, 0) is 20.6 Å². The largest absolute Gasteiger partial charge is 0.381 e. The van der Waals surface area contributed by atoms with Crippen molar-refractivity contribution in [2.24, 2.45) is 5.92 Å². The second-order valence-corrected chi connectivity index (χ2v) is 7.96. The van der Waals surface area contributed by atoms with Gasteiger partial charge in [-0.1, -0.05) is 0 Å². The van der Waals surface area contributed by atoms with Crippen molar-refractivity contribution < 1.29 is 13.2 Å². The van der Waals surface area contributed by atoms with E-state index in [0.717, 1.165) is 26.1 Å². The summed E-state index contributed by atoms with van der Waals surface area (Å²) >= 11 is 7.17. The van der Waals surface area contributed by atoms with E-state index in [2.05, 4.69) is 0 Å². The van der Waals surface area contributed by atoms with Crippen molar-refractivity contribution in [1.82, 2.24) is 4.31 Å². The topological polar surface area (TPSA) is 46.6 Å². The predicted octanol–water partition coefficient (Wildman–Crippen LogP) is 2.53. The van der Waals surface area contributed by atoms with Crippen LogP contribution in [0.2, 0.25) is 0 Å². The molecule has 0 aromatic carbocycles. The van der Waals surface area contributed by atoms with E-state index in [1.165, 1.54) is 15.6 Å². The molecule has 1 aliphatic rings. The van der Waals surface area contributed by atoms with Crippen LogP contribution in [-0.4, -0.2) is 39.5 Å². The number of hydrogen-bond donors (Lipinski definition) is 0. The molecule has 1 aliphatic heterocycles. The van der Waals surface area contributed by atoms with Crippen molar-refractivity contribution in [2.75, 3.05) is 26.8 Å². The fourth-order valence-electron chi connectivity index (χ4n) is 2.21. The SMILES string of the molecule is CN(CC1CCOCC1)S(=O)(=O)c1ccsc1CCl. The zero-order valence-electron chi connectivity index (χ0n) is 10.8. The van der Waals surface area contributed by atoms with Gasteiger partial charge in [-0.2, -0.15) is 0 Å². The van der Waals surface area contributed by atoms with Gasteiger partial charge in [-0.3, -0.25) is 0 Å². The third-order valence-electron chi connectivity index (χ3n) is 3.37. The zero-order valence-corrected chi connectivity index (χ0v) is 13.2. The van der Waals surface area contributed by atoms with Crippen molar-refractivity contribution in [3.8, 4) is 0 Å². The van der Waals surface area contributed by atoms with Gasteiger partial charge in [0.2, 0.25) is 10.0 Å². The maximum atomic E-state index is 12.5.